The summed E-state index contributed by atoms with van der Waals surface area (Å²) in [4.78, 5) is 24.7. The lowest BCUT2D eigenvalue weighted by Crippen LogP contribution is -2.34. The minimum absolute atomic E-state index is 0.0736. The van der Waals surface area contributed by atoms with Crippen molar-refractivity contribution in [1.82, 2.24) is 5.32 Å². The van der Waals surface area contributed by atoms with Gasteiger partial charge in [-0.3, -0.25) is 9.10 Å². The fourth-order valence-corrected chi connectivity index (χ4v) is 6.43. The van der Waals surface area contributed by atoms with Crippen molar-refractivity contribution in [3.05, 3.63) is 101 Å². The van der Waals surface area contributed by atoms with Crippen molar-refractivity contribution in [2.45, 2.75) is 36.6 Å². The molecule has 0 aromatic heterocycles. The number of sulfonamides is 1. The van der Waals surface area contributed by atoms with E-state index in [1.54, 1.807) is 12.1 Å². The van der Waals surface area contributed by atoms with Crippen molar-refractivity contribution in [1.29, 1.82) is 0 Å². The van der Waals surface area contributed by atoms with Gasteiger partial charge in [0.15, 0.2) is 6.61 Å². The number of para-hydroxylation sites is 1. The minimum atomic E-state index is -3.68. The zero-order valence-corrected chi connectivity index (χ0v) is 21.1. The molecule has 1 aliphatic heterocycles. The number of fused-ring (bicyclic) bond motifs is 2. The van der Waals surface area contributed by atoms with E-state index in [0.717, 1.165) is 30.4 Å². The van der Waals surface area contributed by atoms with Crippen molar-refractivity contribution in [2.24, 2.45) is 0 Å². The van der Waals surface area contributed by atoms with Gasteiger partial charge in [0.05, 0.1) is 16.6 Å². The molecule has 0 radical (unpaired) electrons. The van der Waals surface area contributed by atoms with Gasteiger partial charge in [0, 0.05) is 12.6 Å². The Labute approximate surface area is 216 Å². The van der Waals surface area contributed by atoms with E-state index in [2.05, 4.69) is 11.4 Å². The highest BCUT2D eigenvalue weighted by Gasteiger charge is 2.30. The molecule has 0 fully saturated rings. The molecule has 2 aliphatic rings. The zero-order valence-electron chi connectivity index (χ0n) is 20.3. The van der Waals surface area contributed by atoms with Gasteiger partial charge < -0.3 is 10.1 Å². The summed E-state index contributed by atoms with van der Waals surface area (Å²) in [5.41, 5.74) is 4.73. The summed E-state index contributed by atoms with van der Waals surface area (Å²) >= 11 is 0. The van der Waals surface area contributed by atoms with Gasteiger partial charge in [-0.15, -0.1) is 0 Å². The number of carbonyl (C=O) groups is 2. The Kier molecular flexibility index (Phi) is 7.10. The maximum Gasteiger partial charge on any atom is 0.331 e. The third-order valence-corrected chi connectivity index (χ3v) is 8.60. The summed E-state index contributed by atoms with van der Waals surface area (Å²) in [6.45, 7) is 0.0480. The zero-order chi connectivity index (χ0) is 25.8. The number of rotatable bonds is 7. The molecule has 0 bridgehead atoms. The first-order chi connectivity index (χ1) is 17.9. The molecule has 7 nitrogen and oxygen atoms in total. The van der Waals surface area contributed by atoms with Gasteiger partial charge in [0.25, 0.3) is 15.9 Å². The molecular weight excluding hydrogens is 488 g/mol. The van der Waals surface area contributed by atoms with E-state index in [0.29, 0.717) is 24.2 Å². The summed E-state index contributed by atoms with van der Waals surface area (Å²) in [6.07, 6.45) is 6.29. The smallest absolute Gasteiger partial charge is 0.331 e. The Hall–Kier alpha value is -3.91. The van der Waals surface area contributed by atoms with E-state index in [9.17, 15) is 18.0 Å². The molecule has 1 N–H and O–H groups in total. The fraction of sp³-hybridized carbons (Fsp3) is 0.241. The Morgan fingerprint density at radius 3 is 2.49 bits per heavy atom. The average Bonchev–Trinajstić information content (AvgIpc) is 3.36. The normalized spacial score (nSPS) is 16.8. The number of nitrogens with zero attached hydrogens (tertiary/aromatic N) is 1. The predicted octanol–water partition coefficient (Wildman–Crippen LogP) is 4.19. The number of hydrogen-bond donors (Lipinski definition) is 1. The van der Waals surface area contributed by atoms with Crippen LogP contribution in [0.15, 0.2) is 83.8 Å². The van der Waals surface area contributed by atoms with Gasteiger partial charge in [-0.25, -0.2) is 13.2 Å². The van der Waals surface area contributed by atoms with Crippen molar-refractivity contribution in [2.75, 3.05) is 17.5 Å². The molecule has 0 saturated carbocycles. The van der Waals surface area contributed by atoms with Crippen LogP contribution in [0.2, 0.25) is 0 Å². The Balaban J connectivity index is 1.14. The monoisotopic (exact) mass is 516 g/mol. The van der Waals surface area contributed by atoms with E-state index >= 15 is 0 Å². The van der Waals surface area contributed by atoms with Gasteiger partial charge in [-0.1, -0.05) is 54.6 Å². The van der Waals surface area contributed by atoms with Crippen LogP contribution in [0.25, 0.3) is 6.08 Å². The second kappa shape index (κ2) is 10.6. The van der Waals surface area contributed by atoms with Gasteiger partial charge in [-0.2, -0.15) is 0 Å². The van der Waals surface area contributed by atoms with Gasteiger partial charge in [0.2, 0.25) is 0 Å². The average molecular weight is 517 g/mol. The number of carbonyl (C=O) groups excluding carboxylic acids is 2. The molecular formula is C29H28N2O5S. The first-order valence-corrected chi connectivity index (χ1v) is 13.8. The van der Waals surface area contributed by atoms with Crippen LogP contribution in [-0.4, -0.2) is 33.4 Å². The SMILES string of the molecule is O=C(COC(=O)/C=C/c1ccc(S(=O)(=O)N2CCc3ccccc32)cc1)N[C@H]1CCCc2ccccc21. The van der Waals surface area contributed by atoms with Crippen molar-refractivity contribution < 1.29 is 22.7 Å². The number of esters is 1. The lowest BCUT2D eigenvalue weighted by molar-refractivity contribution is -0.144. The topological polar surface area (TPSA) is 92.8 Å². The number of ether oxygens (including phenoxy) is 1. The van der Waals surface area contributed by atoms with Crippen LogP contribution in [0.3, 0.4) is 0 Å². The number of amides is 1. The molecule has 0 spiro atoms. The molecule has 3 aromatic rings. The van der Waals surface area contributed by atoms with E-state index in [1.807, 2.05) is 42.5 Å². The molecule has 0 saturated heterocycles. The summed E-state index contributed by atoms with van der Waals surface area (Å²) in [5, 5.41) is 2.95. The quantitative estimate of drug-likeness (QED) is 0.376. The van der Waals surface area contributed by atoms with Gasteiger partial charge >= 0.3 is 5.97 Å². The minimum Gasteiger partial charge on any atom is -0.452 e. The number of nitrogens with one attached hydrogen (secondary N) is 1. The number of benzene rings is 3. The van der Waals surface area contributed by atoms with Crippen LogP contribution >= 0.6 is 0 Å². The number of hydrogen-bond acceptors (Lipinski definition) is 5. The third-order valence-electron chi connectivity index (χ3n) is 6.77. The molecule has 5 rings (SSSR count). The first kappa shape index (κ1) is 24.8. The second-order valence-electron chi connectivity index (χ2n) is 9.18. The van der Waals surface area contributed by atoms with Crippen molar-refractivity contribution >= 4 is 33.7 Å². The Morgan fingerprint density at radius 2 is 1.68 bits per heavy atom. The molecule has 8 heteroatoms. The lowest BCUT2D eigenvalue weighted by atomic mass is 9.88. The van der Waals surface area contributed by atoms with Gasteiger partial charge in [0.1, 0.15) is 0 Å². The first-order valence-electron chi connectivity index (χ1n) is 12.3. The molecule has 0 unspecified atom stereocenters. The van der Waals surface area contributed by atoms with Crippen LogP contribution in [0.4, 0.5) is 5.69 Å². The maximum absolute atomic E-state index is 13.1. The van der Waals surface area contributed by atoms with E-state index in [1.165, 1.54) is 34.2 Å². The lowest BCUT2D eigenvalue weighted by Gasteiger charge is -2.26. The highest BCUT2D eigenvalue weighted by Crippen LogP contribution is 2.33. The van der Waals surface area contributed by atoms with Crippen LogP contribution in [0, 0.1) is 0 Å². The van der Waals surface area contributed by atoms with E-state index in [4.69, 9.17) is 4.74 Å². The standard InChI is InChI=1S/C29H28N2O5S/c32-28(30-26-10-5-8-22-6-1-3-9-25(22)26)20-36-29(33)17-14-21-12-15-24(16-13-21)37(34,35)31-19-18-23-7-2-4-11-27(23)31/h1-4,6-7,9,11-17,26H,5,8,10,18-20H2,(H,30,32)/b17-14+/t26-/m0/s1. The van der Waals surface area contributed by atoms with Gasteiger partial charge in [-0.05, 0) is 72.2 Å². The molecule has 1 atom stereocenters. The summed E-state index contributed by atoms with van der Waals surface area (Å²) in [6, 6.07) is 21.8. The highest BCUT2D eigenvalue weighted by atomic mass is 32.2. The Bertz CT molecular complexity index is 1450. The molecule has 1 aliphatic carbocycles. The van der Waals surface area contributed by atoms with Crippen LogP contribution in [0.5, 0.6) is 0 Å². The summed E-state index contributed by atoms with van der Waals surface area (Å²) < 4.78 is 32.8. The van der Waals surface area contributed by atoms with Crippen LogP contribution in [0.1, 0.15) is 41.1 Å². The molecule has 190 valence electrons. The maximum atomic E-state index is 13.1. The second-order valence-corrected chi connectivity index (χ2v) is 11.0. The van der Waals surface area contributed by atoms with Crippen LogP contribution < -0.4 is 9.62 Å². The van der Waals surface area contributed by atoms with E-state index in [-0.39, 0.29) is 23.5 Å². The summed E-state index contributed by atoms with van der Waals surface area (Å²) in [5.74, 6) is -0.994. The fourth-order valence-electron chi connectivity index (χ4n) is 4.92. The highest BCUT2D eigenvalue weighted by molar-refractivity contribution is 7.92. The van der Waals surface area contributed by atoms with Crippen molar-refractivity contribution in [3.63, 3.8) is 0 Å². The van der Waals surface area contributed by atoms with Crippen molar-refractivity contribution in [3.8, 4) is 0 Å². The molecule has 37 heavy (non-hydrogen) atoms. The number of aryl methyl sites for hydroxylation is 1. The molecule has 3 aromatic carbocycles. The molecule has 1 heterocycles. The third kappa shape index (κ3) is 5.44. The molecule has 1 amide bonds. The largest absolute Gasteiger partial charge is 0.452 e. The predicted molar refractivity (Wildman–Crippen MR) is 141 cm³/mol. The van der Waals surface area contributed by atoms with Crippen LogP contribution in [-0.2, 0) is 37.2 Å². The van der Waals surface area contributed by atoms with E-state index < -0.39 is 16.0 Å². The Morgan fingerprint density at radius 1 is 0.946 bits per heavy atom. The number of anilines is 1. The summed E-state index contributed by atoms with van der Waals surface area (Å²) in [7, 11) is -3.68.